The summed E-state index contributed by atoms with van der Waals surface area (Å²) < 4.78 is 0. The average Bonchev–Trinajstić information content (AvgIpc) is 2.34. The van der Waals surface area contributed by atoms with Crippen molar-refractivity contribution >= 4 is 11.8 Å². The lowest BCUT2D eigenvalue weighted by Gasteiger charge is -2.11. The van der Waals surface area contributed by atoms with Gasteiger partial charge in [0, 0.05) is 20.6 Å². The fraction of sp³-hybridized carbons (Fsp3) is 0.385. The van der Waals surface area contributed by atoms with Crippen LogP contribution in [0.5, 0.6) is 0 Å². The third-order valence-corrected chi connectivity index (χ3v) is 2.23. The van der Waals surface area contributed by atoms with Gasteiger partial charge in [-0.3, -0.25) is 0 Å². The molecular weight excluding hydrogens is 226 g/mol. The highest BCUT2D eigenvalue weighted by Crippen LogP contribution is 2.08. The van der Waals surface area contributed by atoms with Crippen LogP contribution in [0, 0.1) is 0 Å². The maximum atomic E-state index is 5.73. The van der Waals surface area contributed by atoms with Crippen LogP contribution in [0.2, 0.25) is 0 Å². The summed E-state index contributed by atoms with van der Waals surface area (Å²) in [4.78, 5) is 10.6. The summed E-state index contributed by atoms with van der Waals surface area (Å²) >= 11 is 0. The largest absolute Gasteiger partial charge is 0.370 e. The van der Waals surface area contributed by atoms with Gasteiger partial charge in [-0.25, -0.2) is 9.98 Å². The van der Waals surface area contributed by atoms with Gasteiger partial charge < -0.3 is 16.0 Å². The molecule has 0 unspecified atom stereocenters. The molecular formula is C13H21N5. The molecule has 1 heterocycles. The van der Waals surface area contributed by atoms with E-state index in [1.165, 1.54) is 0 Å². The maximum Gasteiger partial charge on any atom is 0.189 e. The first kappa shape index (κ1) is 14.0. The van der Waals surface area contributed by atoms with E-state index in [-0.39, 0.29) is 0 Å². The highest BCUT2D eigenvalue weighted by atomic mass is 15.1. The van der Waals surface area contributed by atoms with Gasteiger partial charge in [0.1, 0.15) is 5.82 Å². The Hall–Kier alpha value is -2.04. The Bertz CT molecular complexity index is 437. The van der Waals surface area contributed by atoms with Gasteiger partial charge in [-0.2, -0.15) is 0 Å². The van der Waals surface area contributed by atoms with Crippen LogP contribution in [0.3, 0.4) is 0 Å². The van der Waals surface area contributed by atoms with E-state index in [9.17, 15) is 0 Å². The number of nitrogens with two attached hydrogens (primary N) is 1. The fourth-order valence-corrected chi connectivity index (χ4v) is 1.27. The molecule has 5 heteroatoms. The highest BCUT2D eigenvalue weighted by Gasteiger charge is 1.99. The van der Waals surface area contributed by atoms with Crippen molar-refractivity contribution in [3.05, 3.63) is 36.0 Å². The molecule has 0 aliphatic carbocycles. The molecule has 18 heavy (non-hydrogen) atoms. The van der Waals surface area contributed by atoms with E-state index >= 15 is 0 Å². The van der Waals surface area contributed by atoms with E-state index in [1.807, 2.05) is 44.1 Å². The van der Waals surface area contributed by atoms with E-state index in [2.05, 4.69) is 21.9 Å². The zero-order valence-electron chi connectivity index (χ0n) is 11.3. The second-order valence-electron chi connectivity index (χ2n) is 4.39. The smallest absolute Gasteiger partial charge is 0.189 e. The van der Waals surface area contributed by atoms with E-state index in [1.54, 1.807) is 0 Å². The van der Waals surface area contributed by atoms with E-state index in [4.69, 9.17) is 5.73 Å². The van der Waals surface area contributed by atoms with Crippen LogP contribution in [0.15, 0.2) is 35.3 Å². The molecule has 1 rings (SSSR count). The second-order valence-corrected chi connectivity index (χ2v) is 4.39. The molecule has 0 saturated carbocycles. The minimum absolute atomic E-state index is 0.412. The summed E-state index contributed by atoms with van der Waals surface area (Å²) in [5, 5.41) is 2.98. The van der Waals surface area contributed by atoms with Crippen molar-refractivity contribution in [3.63, 3.8) is 0 Å². The highest BCUT2D eigenvalue weighted by molar-refractivity contribution is 5.78. The molecule has 0 saturated heterocycles. The third kappa shape index (κ3) is 4.86. The SMILES string of the molecule is C=C(C)CNC(N)=NCc1cccc(N(C)C)n1. The number of aliphatic imine (C=N–C) groups is 1. The summed E-state index contributed by atoms with van der Waals surface area (Å²) in [6.45, 7) is 6.83. The number of hydrogen-bond donors (Lipinski definition) is 2. The van der Waals surface area contributed by atoms with Gasteiger partial charge in [-0.1, -0.05) is 18.2 Å². The molecule has 0 radical (unpaired) electrons. The molecule has 0 aliphatic heterocycles. The van der Waals surface area contributed by atoms with E-state index in [0.29, 0.717) is 19.0 Å². The van der Waals surface area contributed by atoms with Crippen LogP contribution in [0.4, 0.5) is 5.82 Å². The molecule has 0 aromatic carbocycles. The molecule has 0 aliphatic rings. The van der Waals surface area contributed by atoms with Crippen molar-refractivity contribution in [2.45, 2.75) is 13.5 Å². The Morgan fingerprint density at radius 1 is 1.50 bits per heavy atom. The minimum Gasteiger partial charge on any atom is -0.370 e. The van der Waals surface area contributed by atoms with Crippen molar-refractivity contribution in [3.8, 4) is 0 Å². The van der Waals surface area contributed by atoms with Crippen LogP contribution in [0.25, 0.3) is 0 Å². The number of nitrogens with zero attached hydrogens (tertiary/aromatic N) is 3. The van der Waals surface area contributed by atoms with Gasteiger partial charge in [0.2, 0.25) is 0 Å². The van der Waals surface area contributed by atoms with Gasteiger partial charge in [-0.15, -0.1) is 0 Å². The summed E-state index contributed by atoms with van der Waals surface area (Å²) in [5.41, 5.74) is 7.63. The molecule has 1 aromatic rings. The lowest BCUT2D eigenvalue weighted by atomic mass is 10.3. The number of hydrogen-bond acceptors (Lipinski definition) is 3. The van der Waals surface area contributed by atoms with Gasteiger partial charge >= 0.3 is 0 Å². The minimum atomic E-state index is 0.412. The first-order valence-corrected chi connectivity index (χ1v) is 5.80. The van der Waals surface area contributed by atoms with Crippen LogP contribution in [-0.2, 0) is 6.54 Å². The van der Waals surface area contributed by atoms with Gasteiger partial charge in [0.05, 0.1) is 12.2 Å². The lowest BCUT2D eigenvalue weighted by molar-refractivity contribution is 0.915. The monoisotopic (exact) mass is 247 g/mol. The second kappa shape index (κ2) is 6.64. The van der Waals surface area contributed by atoms with E-state index < -0.39 is 0 Å². The number of aromatic nitrogens is 1. The predicted molar refractivity (Wildman–Crippen MR) is 76.7 cm³/mol. The number of anilines is 1. The van der Waals surface area contributed by atoms with Gasteiger partial charge in [0.25, 0.3) is 0 Å². The molecule has 0 bridgehead atoms. The van der Waals surface area contributed by atoms with Crippen molar-refractivity contribution in [2.24, 2.45) is 10.7 Å². The molecule has 3 N–H and O–H groups in total. The summed E-state index contributed by atoms with van der Waals surface area (Å²) in [5.74, 6) is 1.33. The fourth-order valence-electron chi connectivity index (χ4n) is 1.27. The molecule has 0 amide bonds. The summed E-state index contributed by atoms with van der Waals surface area (Å²) in [6.07, 6.45) is 0. The predicted octanol–water partition coefficient (Wildman–Crippen LogP) is 1.13. The molecule has 1 aromatic heterocycles. The van der Waals surface area contributed by atoms with Crippen LogP contribution in [-0.4, -0.2) is 31.6 Å². The first-order chi connectivity index (χ1) is 8.49. The van der Waals surface area contributed by atoms with E-state index in [0.717, 1.165) is 17.1 Å². The number of rotatable bonds is 5. The van der Waals surface area contributed by atoms with Crippen molar-refractivity contribution in [2.75, 3.05) is 25.5 Å². The molecule has 5 nitrogen and oxygen atoms in total. The summed E-state index contributed by atoms with van der Waals surface area (Å²) in [7, 11) is 3.91. The third-order valence-electron chi connectivity index (χ3n) is 2.23. The Morgan fingerprint density at radius 3 is 2.83 bits per heavy atom. The summed E-state index contributed by atoms with van der Waals surface area (Å²) in [6, 6.07) is 5.85. The van der Waals surface area contributed by atoms with Crippen LogP contribution in [0.1, 0.15) is 12.6 Å². The Kier molecular flexibility index (Phi) is 5.17. The van der Waals surface area contributed by atoms with Gasteiger partial charge in [-0.05, 0) is 19.1 Å². The first-order valence-electron chi connectivity index (χ1n) is 5.80. The number of guanidine groups is 1. The molecule has 98 valence electrons. The van der Waals surface area contributed by atoms with Crippen molar-refractivity contribution < 1.29 is 0 Å². The van der Waals surface area contributed by atoms with Crippen molar-refractivity contribution in [1.82, 2.24) is 10.3 Å². The normalized spacial score (nSPS) is 11.2. The quantitative estimate of drug-likeness (QED) is 0.465. The Labute approximate surface area is 108 Å². The number of nitrogens with one attached hydrogen (secondary N) is 1. The van der Waals surface area contributed by atoms with Crippen molar-refractivity contribution in [1.29, 1.82) is 0 Å². The average molecular weight is 247 g/mol. The van der Waals surface area contributed by atoms with Crippen LogP contribution >= 0.6 is 0 Å². The maximum absolute atomic E-state index is 5.73. The topological polar surface area (TPSA) is 66.5 Å². The molecule has 0 atom stereocenters. The zero-order valence-corrected chi connectivity index (χ0v) is 11.3. The molecule has 0 fully saturated rings. The Morgan fingerprint density at radius 2 is 2.22 bits per heavy atom. The zero-order chi connectivity index (χ0) is 13.5. The molecule has 0 spiro atoms. The standard InChI is InChI=1S/C13H21N5/c1-10(2)8-15-13(14)16-9-11-6-5-7-12(17-11)18(3)4/h5-7H,1,8-9H2,2-4H3,(H3,14,15,16). The van der Waals surface area contributed by atoms with Gasteiger partial charge in [0.15, 0.2) is 5.96 Å². The lowest BCUT2D eigenvalue weighted by Crippen LogP contribution is -2.32. The Balaban J connectivity index is 2.59. The van der Waals surface area contributed by atoms with Crippen LogP contribution < -0.4 is 16.0 Å². The number of pyridine rings is 1.